The van der Waals surface area contributed by atoms with Crippen molar-refractivity contribution in [2.75, 3.05) is 12.3 Å². The van der Waals surface area contributed by atoms with Crippen molar-refractivity contribution in [2.45, 2.75) is 50.9 Å². The van der Waals surface area contributed by atoms with Crippen molar-refractivity contribution in [3.05, 3.63) is 59.2 Å². The van der Waals surface area contributed by atoms with Crippen molar-refractivity contribution >= 4 is 11.4 Å². The lowest BCUT2D eigenvalue weighted by Crippen LogP contribution is -2.46. The maximum Gasteiger partial charge on any atom is 0.115 e. The van der Waals surface area contributed by atoms with Gasteiger partial charge in [-0.3, -0.25) is 0 Å². The van der Waals surface area contributed by atoms with Crippen LogP contribution in [0.1, 0.15) is 49.3 Å². The molecule has 0 aromatic heterocycles. The second kappa shape index (κ2) is 7.26. The van der Waals surface area contributed by atoms with Crippen molar-refractivity contribution in [1.82, 2.24) is 0 Å². The normalized spacial score (nSPS) is 25.7. The molecule has 27 heavy (non-hydrogen) atoms. The number of nitrogens with two attached hydrogens (primary N) is 1. The molecule has 0 heterocycles. The van der Waals surface area contributed by atoms with Gasteiger partial charge in [0.1, 0.15) is 12.4 Å². The fourth-order valence-corrected chi connectivity index (χ4v) is 5.12. The number of aromatic hydroxyl groups is 1. The number of aryl methyl sites for hydroxylation is 1. The Kier molecular flexibility index (Phi) is 4.81. The molecule has 0 radical (unpaired) electrons. The average Bonchev–Trinajstić information content (AvgIpc) is 2.66. The van der Waals surface area contributed by atoms with E-state index in [-0.39, 0.29) is 5.41 Å². The largest absolute Gasteiger partial charge is 0.508 e. The molecule has 2 aliphatic carbocycles. The van der Waals surface area contributed by atoms with Crippen LogP contribution in [0, 0.1) is 5.92 Å². The molecule has 2 aliphatic rings. The van der Waals surface area contributed by atoms with Crippen molar-refractivity contribution in [3.63, 3.8) is 0 Å². The molecule has 0 spiro atoms. The highest BCUT2D eigenvalue weighted by Gasteiger charge is 2.47. The Balaban J connectivity index is 1.75. The summed E-state index contributed by atoms with van der Waals surface area (Å²) in [4.78, 5) is 5.34. The molecule has 2 atom stereocenters. The van der Waals surface area contributed by atoms with Crippen LogP contribution < -0.4 is 5.73 Å². The molecule has 0 saturated heterocycles. The van der Waals surface area contributed by atoms with Crippen LogP contribution in [0.5, 0.6) is 5.75 Å². The van der Waals surface area contributed by atoms with E-state index in [1.807, 2.05) is 31.2 Å². The first-order valence-electron chi connectivity index (χ1n) is 9.95. The smallest absolute Gasteiger partial charge is 0.115 e. The van der Waals surface area contributed by atoms with E-state index in [2.05, 4.69) is 23.4 Å². The van der Waals surface area contributed by atoms with Gasteiger partial charge in [0, 0.05) is 11.1 Å². The molecule has 4 heteroatoms. The number of benzene rings is 2. The van der Waals surface area contributed by atoms with Gasteiger partial charge >= 0.3 is 0 Å². The molecule has 3 N–H and O–H groups in total. The van der Waals surface area contributed by atoms with Gasteiger partial charge in [0.2, 0.25) is 0 Å². The van der Waals surface area contributed by atoms with Crippen LogP contribution >= 0.6 is 0 Å². The van der Waals surface area contributed by atoms with E-state index in [0.29, 0.717) is 18.3 Å². The topological polar surface area (TPSA) is 67.8 Å². The van der Waals surface area contributed by atoms with Crippen molar-refractivity contribution in [1.29, 1.82) is 0 Å². The first-order chi connectivity index (χ1) is 13.1. The number of nitrogen functional groups attached to an aromatic ring is 1. The Labute approximate surface area is 161 Å². The number of rotatable bonds is 4. The zero-order valence-corrected chi connectivity index (χ0v) is 15.9. The van der Waals surface area contributed by atoms with E-state index in [4.69, 9.17) is 10.6 Å². The number of hydrogen-bond donors (Lipinski definition) is 2. The van der Waals surface area contributed by atoms with Crippen LogP contribution in [-0.2, 0) is 23.1 Å². The van der Waals surface area contributed by atoms with Crippen LogP contribution in [0.4, 0.5) is 5.69 Å². The lowest BCUT2D eigenvalue weighted by molar-refractivity contribution is 0.149. The Morgan fingerprint density at radius 2 is 2.11 bits per heavy atom. The zero-order valence-electron chi connectivity index (χ0n) is 15.9. The van der Waals surface area contributed by atoms with E-state index in [1.54, 1.807) is 0 Å². The van der Waals surface area contributed by atoms with Gasteiger partial charge < -0.3 is 15.7 Å². The average molecular weight is 364 g/mol. The summed E-state index contributed by atoms with van der Waals surface area (Å²) in [5, 5.41) is 14.4. The molecule has 2 aromatic rings. The summed E-state index contributed by atoms with van der Waals surface area (Å²) in [7, 11) is 0. The van der Waals surface area contributed by atoms with E-state index >= 15 is 0 Å². The summed E-state index contributed by atoms with van der Waals surface area (Å²) in [6.07, 6.45) is 6.10. The second-order valence-electron chi connectivity index (χ2n) is 7.93. The van der Waals surface area contributed by atoms with E-state index in [0.717, 1.165) is 44.2 Å². The molecule has 0 bridgehead atoms. The van der Waals surface area contributed by atoms with Crippen molar-refractivity contribution < 1.29 is 9.94 Å². The summed E-state index contributed by atoms with van der Waals surface area (Å²) in [6, 6.07) is 14.2. The van der Waals surface area contributed by atoms with Gasteiger partial charge in [-0.05, 0) is 92.3 Å². The summed E-state index contributed by atoms with van der Waals surface area (Å²) < 4.78 is 0. The lowest BCUT2D eigenvalue weighted by Gasteiger charge is -2.49. The predicted octanol–water partition coefficient (Wildman–Crippen LogP) is 4.59. The Morgan fingerprint density at radius 3 is 2.93 bits per heavy atom. The second-order valence-corrected chi connectivity index (χ2v) is 7.93. The van der Waals surface area contributed by atoms with Gasteiger partial charge in [-0.1, -0.05) is 23.4 Å². The minimum absolute atomic E-state index is 0.0698. The van der Waals surface area contributed by atoms with Crippen LogP contribution in [0.25, 0.3) is 0 Å². The molecule has 0 aliphatic heterocycles. The van der Waals surface area contributed by atoms with Gasteiger partial charge in [-0.15, -0.1) is 0 Å². The number of nitrogens with zero attached hydrogens (tertiary/aromatic N) is 1. The summed E-state index contributed by atoms with van der Waals surface area (Å²) in [5.74, 6) is 0.893. The molecular formula is C23H28N2O2. The maximum absolute atomic E-state index is 9.98. The molecule has 1 saturated carbocycles. The van der Waals surface area contributed by atoms with Gasteiger partial charge in [0.05, 0.1) is 5.71 Å². The zero-order chi connectivity index (χ0) is 18.9. The standard InChI is InChI=1S/C23H28N2O2/c1-2-27-25-20-10-11-23(15-16-4-3-5-19(24)12-16)18(14-20)7-6-17-13-21(26)8-9-22(17)23/h3-5,8-9,12-13,18,26H,2,6-7,10-11,14-15,24H2,1H3/t18-,23+/m1/s1. The van der Waals surface area contributed by atoms with Crippen LogP contribution in [0.15, 0.2) is 47.6 Å². The third-order valence-electron chi connectivity index (χ3n) is 6.30. The van der Waals surface area contributed by atoms with Crippen LogP contribution in [0.2, 0.25) is 0 Å². The molecule has 2 aromatic carbocycles. The van der Waals surface area contributed by atoms with E-state index < -0.39 is 0 Å². The summed E-state index contributed by atoms with van der Waals surface area (Å²) in [5.41, 5.74) is 12.1. The quantitative estimate of drug-likeness (QED) is 0.616. The molecule has 0 amide bonds. The highest BCUT2D eigenvalue weighted by Crippen LogP contribution is 2.52. The van der Waals surface area contributed by atoms with Gasteiger partial charge in [0.25, 0.3) is 0 Å². The number of fused-ring (bicyclic) bond motifs is 3. The minimum atomic E-state index is 0.0698. The number of oxime groups is 1. The van der Waals surface area contributed by atoms with E-state index in [9.17, 15) is 5.11 Å². The van der Waals surface area contributed by atoms with Gasteiger partial charge in [-0.25, -0.2) is 0 Å². The summed E-state index contributed by atoms with van der Waals surface area (Å²) >= 11 is 0. The van der Waals surface area contributed by atoms with Crippen molar-refractivity contribution in [3.8, 4) is 5.75 Å². The third kappa shape index (κ3) is 3.41. The monoisotopic (exact) mass is 364 g/mol. The number of anilines is 1. The number of hydrogen-bond acceptors (Lipinski definition) is 4. The van der Waals surface area contributed by atoms with E-state index in [1.165, 1.54) is 22.4 Å². The Morgan fingerprint density at radius 1 is 1.22 bits per heavy atom. The first-order valence-corrected chi connectivity index (χ1v) is 9.95. The predicted molar refractivity (Wildman–Crippen MR) is 109 cm³/mol. The highest BCUT2D eigenvalue weighted by molar-refractivity contribution is 5.85. The highest BCUT2D eigenvalue weighted by atomic mass is 16.6. The fourth-order valence-electron chi connectivity index (χ4n) is 5.12. The Bertz CT molecular complexity index is 861. The van der Waals surface area contributed by atoms with Crippen LogP contribution in [-0.4, -0.2) is 17.4 Å². The molecule has 4 rings (SSSR count). The van der Waals surface area contributed by atoms with Crippen molar-refractivity contribution in [2.24, 2.45) is 11.1 Å². The molecular weight excluding hydrogens is 336 g/mol. The van der Waals surface area contributed by atoms with Gasteiger partial charge in [0.15, 0.2) is 0 Å². The third-order valence-corrected chi connectivity index (χ3v) is 6.30. The molecule has 0 unspecified atom stereocenters. The number of phenols is 1. The maximum atomic E-state index is 9.98. The summed E-state index contributed by atoms with van der Waals surface area (Å²) in [6.45, 7) is 2.59. The molecule has 142 valence electrons. The molecule has 1 fully saturated rings. The minimum Gasteiger partial charge on any atom is -0.508 e. The van der Waals surface area contributed by atoms with Gasteiger partial charge in [-0.2, -0.15) is 0 Å². The first kappa shape index (κ1) is 17.9. The SMILES string of the molecule is CCON=C1CC[C@@]2(Cc3cccc(N)c3)c3ccc(O)cc3CC[C@@H]2C1. The lowest BCUT2D eigenvalue weighted by atomic mass is 9.55. The Hall–Kier alpha value is -2.49. The molecule has 4 nitrogen and oxygen atoms in total. The number of phenolic OH excluding ortho intramolecular Hbond substituents is 1. The van der Waals surface area contributed by atoms with Crippen LogP contribution in [0.3, 0.4) is 0 Å². The fraction of sp³-hybridized carbons (Fsp3) is 0.435.